The highest BCUT2D eigenvalue weighted by molar-refractivity contribution is 6.63. The molecule has 0 amide bonds. The molecule has 1 aliphatic carbocycles. The average molecular weight is 300 g/mol. The first kappa shape index (κ1) is 15.6. The molecule has 0 atom stereocenters. The van der Waals surface area contributed by atoms with Gasteiger partial charge in [0.05, 0.1) is 11.2 Å². The summed E-state index contributed by atoms with van der Waals surface area (Å²) in [6, 6.07) is 6.02. The van der Waals surface area contributed by atoms with Crippen LogP contribution in [0.25, 0.3) is 0 Å². The zero-order chi connectivity index (χ0) is 16.0. The third kappa shape index (κ3) is 2.80. The molecule has 1 heterocycles. The lowest BCUT2D eigenvalue weighted by molar-refractivity contribution is 0.00578. The molecule has 0 unspecified atom stereocenters. The van der Waals surface area contributed by atoms with Gasteiger partial charge in [-0.05, 0) is 58.0 Å². The van der Waals surface area contributed by atoms with E-state index in [1.807, 2.05) is 45.9 Å². The molecule has 0 spiro atoms. The van der Waals surface area contributed by atoms with Crippen molar-refractivity contribution >= 4 is 24.5 Å². The fourth-order valence-electron chi connectivity index (χ4n) is 2.65. The molecule has 0 aromatic heterocycles. The van der Waals surface area contributed by atoms with E-state index >= 15 is 0 Å². The van der Waals surface area contributed by atoms with Crippen LogP contribution in [0.5, 0.6) is 0 Å². The fraction of sp³-hybridized carbons (Fsp3) is 0.588. The Morgan fingerprint density at radius 1 is 1.23 bits per heavy atom. The van der Waals surface area contributed by atoms with Crippen molar-refractivity contribution in [3.8, 4) is 0 Å². The zero-order valence-electron chi connectivity index (χ0n) is 13.9. The highest BCUT2D eigenvalue weighted by Crippen LogP contribution is 2.37. The largest absolute Gasteiger partial charge is 0.495 e. The van der Waals surface area contributed by atoms with Crippen molar-refractivity contribution in [2.24, 2.45) is 5.92 Å². The summed E-state index contributed by atoms with van der Waals surface area (Å²) in [6.07, 6.45) is 4.02. The standard InChI is InChI=1S/C17H25BN2O2/c1-16(2)17(3,4)22-18(21-16)14-6-5-7-15(13(14)10-19)20-11-12-8-9-12/h5-7,10,12,19-20H,8-9,11H2,1-4H3. The van der Waals surface area contributed by atoms with Crippen molar-refractivity contribution in [3.63, 3.8) is 0 Å². The van der Waals surface area contributed by atoms with Crippen LogP contribution in [0.3, 0.4) is 0 Å². The summed E-state index contributed by atoms with van der Waals surface area (Å²) >= 11 is 0. The van der Waals surface area contributed by atoms with Gasteiger partial charge in [-0.2, -0.15) is 0 Å². The van der Waals surface area contributed by atoms with Crippen LogP contribution >= 0.6 is 0 Å². The van der Waals surface area contributed by atoms with Crippen LogP contribution in [-0.4, -0.2) is 31.1 Å². The monoisotopic (exact) mass is 300 g/mol. The molecule has 22 heavy (non-hydrogen) atoms. The Morgan fingerprint density at radius 2 is 1.86 bits per heavy atom. The van der Waals surface area contributed by atoms with Crippen LogP contribution in [0.15, 0.2) is 18.2 Å². The lowest BCUT2D eigenvalue weighted by atomic mass is 9.75. The molecular weight excluding hydrogens is 275 g/mol. The summed E-state index contributed by atoms with van der Waals surface area (Å²) in [4.78, 5) is 0. The normalized spacial score (nSPS) is 22.6. The molecule has 1 saturated heterocycles. The van der Waals surface area contributed by atoms with E-state index < -0.39 is 7.12 Å². The molecule has 0 radical (unpaired) electrons. The van der Waals surface area contributed by atoms with Gasteiger partial charge in [-0.3, -0.25) is 0 Å². The third-order valence-electron chi connectivity index (χ3n) is 5.07. The summed E-state index contributed by atoms with van der Waals surface area (Å²) in [7, 11) is -0.427. The maximum absolute atomic E-state index is 7.81. The first-order chi connectivity index (χ1) is 10.3. The highest BCUT2D eigenvalue weighted by Gasteiger charge is 2.52. The fourth-order valence-corrected chi connectivity index (χ4v) is 2.65. The minimum absolute atomic E-state index is 0.367. The van der Waals surface area contributed by atoms with E-state index in [1.54, 1.807) is 0 Å². The number of anilines is 1. The predicted octanol–water partition coefficient (Wildman–Crippen LogP) is 2.81. The summed E-state index contributed by atoms with van der Waals surface area (Å²) in [5, 5.41) is 11.3. The van der Waals surface area contributed by atoms with Crippen LogP contribution in [0.4, 0.5) is 5.69 Å². The lowest BCUT2D eigenvalue weighted by Crippen LogP contribution is -2.41. The average Bonchev–Trinajstić information content (AvgIpc) is 3.23. The zero-order valence-corrected chi connectivity index (χ0v) is 13.9. The summed E-state index contributed by atoms with van der Waals surface area (Å²) in [5.74, 6) is 0.791. The van der Waals surface area contributed by atoms with Crippen molar-refractivity contribution in [3.05, 3.63) is 23.8 Å². The Balaban J connectivity index is 1.87. The first-order valence-electron chi connectivity index (χ1n) is 8.07. The quantitative estimate of drug-likeness (QED) is 0.649. The molecule has 4 nitrogen and oxygen atoms in total. The van der Waals surface area contributed by atoms with Gasteiger partial charge in [-0.1, -0.05) is 12.1 Å². The number of benzene rings is 1. The maximum Gasteiger partial charge on any atom is 0.495 e. The molecule has 2 N–H and O–H groups in total. The Morgan fingerprint density at radius 3 is 2.41 bits per heavy atom. The minimum Gasteiger partial charge on any atom is -0.399 e. The third-order valence-corrected chi connectivity index (χ3v) is 5.07. The molecule has 1 aromatic carbocycles. The number of hydrogen-bond donors (Lipinski definition) is 2. The van der Waals surface area contributed by atoms with Gasteiger partial charge in [0.1, 0.15) is 0 Å². The van der Waals surface area contributed by atoms with E-state index in [2.05, 4.69) is 5.32 Å². The van der Waals surface area contributed by atoms with Gasteiger partial charge in [-0.25, -0.2) is 0 Å². The van der Waals surface area contributed by atoms with Crippen molar-refractivity contribution in [2.75, 3.05) is 11.9 Å². The molecule has 3 rings (SSSR count). The Labute approximate surface area is 133 Å². The second-order valence-electron chi connectivity index (χ2n) is 7.37. The van der Waals surface area contributed by atoms with Crippen LogP contribution in [0.2, 0.25) is 0 Å². The van der Waals surface area contributed by atoms with E-state index in [0.29, 0.717) is 0 Å². The van der Waals surface area contributed by atoms with Gasteiger partial charge in [0.25, 0.3) is 0 Å². The SMILES string of the molecule is CC1(C)OB(c2cccc(NCC3CC3)c2C=N)OC1(C)C. The van der Waals surface area contributed by atoms with Crippen LogP contribution in [0.1, 0.15) is 46.1 Å². The van der Waals surface area contributed by atoms with Gasteiger partial charge >= 0.3 is 7.12 Å². The molecule has 0 bridgehead atoms. The van der Waals surface area contributed by atoms with Crippen molar-refractivity contribution in [2.45, 2.75) is 51.7 Å². The van der Waals surface area contributed by atoms with Crippen molar-refractivity contribution in [1.82, 2.24) is 0 Å². The van der Waals surface area contributed by atoms with Gasteiger partial charge in [0, 0.05) is 24.0 Å². The van der Waals surface area contributed by atoms with Crippen LogP contribution in [0, 0.1) is 11.3 Å². The second kappa shape index (κ2) is 5.39. The highest BCUT2D eigenvalue weighted by atomic mass is 16.7. The van der Waals surface area contributed by atoms with E-state index in [-0.39, 0.29) is 11.2 Å². The molecule has 1 saturated carbocycles. The Bertz CT molecular complexity index is 566. The number of rotatable bonds is 5. The van der Waals surface area contributed by atoms with Gasteiger partial charge in [-0.15, -0.1) is 0 Å². The second-order valence-corrected chi connectivity index (χ2v) is 7.37. The van der Waals surface area contributed by atoms with E-state index in [0.717, 1.165) is 29.2 Å². The molecule has 1 aliphatic heterocycles. The van der Waals surface area contributed by atoms with Gasteiger partial charge in [0.2, 0.25) is 0 Å². The Hall–Kier alpha value is -1.33. The molecule has 1 aromatic rings. The molecular formula is C17H25BN2O2. The molecule has 2 aliphatic rings. The maximum atomic E-state index is 7.81. The van der Waals surface area contributed by atoms with Gasteiger partial charge < -0.3 is 20.0 Å². The van der Waals surface area contributed by atoms with Crippen molar-refractivity contribution in [1.29, 1.82) is 5.41 Å². The summed E-state index contributed by atoms with van der Waals surface area (Å²) in [5.41, 5.74) is 2.05. The Kier molecular flexibility index (Phi) is 3.81. The lowest BCUT2D eigenvalue weighted by Gasteiger charge is -2.32. The first-order valence-corrected chi connectivity index (χ1v) is 8.07. The topological polar surface area (TPSA) is 54.3 Å². The minimum atomic E-state index is -0.427. The summed E-state index contributed by atoms with van der Waals surface area (Å²) in [6.45, 7) is 9.17. The molecule has 118 valence electrons. The molecule has 5 heteroatoms. The molecule has 2 fully saturated rings. The smallest absolute Gasteiger partial charge is 0.399 e. The van der Waals surface area contributed by atoms with Crippen LogP contribution < -0.4 is 10.8 Å². The predicted molar refractivity (Wildman–Crippen MR) is 91.3 cm³/mol. The number of hydrogen-bond acceptors (Lipinski definition) is 4. The summed E-state index contributed by atoms with van der Waals surface area (Å²) < 4.78 is 12.3. The van der Waals surface area contributed by atoms with Crippen molar-refractivity contribution < 1.29 is 9.31 Å². The number of nitrogens with one attached hydrogen (secondary N) is 2. The van der Waals surface area contributed by atoms with E-state index in [1.165, 1.54) is 19.1 Å². The van der Waals surface area contributed by atoms with Gasteiger partial charge in [0.15, 0.2) is 0 Å². The van der Waals surface area contributed by atoms with E-state index in [9.17, 15) is 0 Å². The van der Waals surface area contributed by atoms with Crippen LogP contribution in [-0.2, 0) is 9.31 Å². The van der Waals surface area contributed by atoms with E-state index in [4.69, 9.17) is 14.7 Å².